The monoisotopic (exact) mass is 521 g/mol. The Morgan fingerprint density at radius 3 is 2.72 bits per heavy atom. The van der Waals surface area contributed by atoms with E-state index in [0.29, 0.717) is 22.5 Å². The highest BCUT2D eigenvalue weighted by Crippen LogP contribution is 2.40. The van der Waals surface area contributed by atoms with Crippen molar-refractivity contribution in [3.63, 3.8) is 0 Å². The number of fused-ring (bicyclic) bond motifs is 2. The zero-order valence-electron chi connectivity index (χ0n) is 20.3. The highest BCUT2D eigenvalue weighted by molar-refractivity contribution is 8.13. The number of amidine groups is 1. The van der Waals surface area contributed by atoms with Crippen LogP contribution < -0.4 is 4.72 Å². The van der Waals surface area contributed by atoms with Crippen LogP contribution >= 0.6 is 11.8 Å². The van der Waals surface area contributed by atoms with Crippen molar-refractivity contribution < 1.29 is 13.2 Å². The summed E-state index contributed by atoms with van der Waals surface area (Å²) < 4.78 is 29.5. The summed E-state index contributed by atoms with van der Waals surface area (Å²) in [6.07, 6.45) is 2.56. The smallest absolute Gasteiger partial charge is 0.264 e. The minimum Gasteiger partial charge on any atom is -0.345 e. The number of amides is 1. The molecule has 186 valence electrons. The first-order valence-corrected chi connectivity index (χ1v) is 14.1. The molecule has 3 aromatic rings. The molecule has 1 atom stereocenters. The number of aliphatic imine (C=N–C) groups is 1. The standard InChI is InChI=1S/C26H27N5O3S2/c1-17-22(25(32)30(2)3)24(31-14-7-15-35-26(31)28-17)19-9-4-11-20(16-19)29-36(33,34)21-12-5-8-18-10-6-13-27-23(18)21/h4-6,8-13,16,24,29H,7,14-15H2,1-3H3. The van der Waals surface area contributed by atoms with Gasteiger partial charge in [-0.05, 0) is 43.2 Å². The number of anilines is 1. The molecule has 0 saturated carbocycles. The van der Waals surface area contributed by atoms with Gasteiger partial charge in [-0.2, -0.15) is 0 Å². The fraction of sp³-hybridized carbons (Fsp3) is 0.269. The molecule has 0 aliphatic carbocycles. The summed E-state index contributed by atoms with van der Waals surface area (Å²) in [4.78, 5) is 26.1. The average Bonchev–Trinajstić information content (AvgIpc) is 2.87. The summed E-state index contributed by atoms with van der Waals surface area (Å²) in [5.41, 5.74) is 2.95. The number of nitrogens with zero attached hydrogens (tertiary/aromatic N) is 4. The number of benzene rings is 2. The van der Waals surface area contributed by atoms with Crippen molar-refractivity contribution in [1.82, 2.24) is 14.8 Å². The summed E-state index contributed by atoms with van der Waals surface area (Å²) in [7, 11) is -0.448. The van der Waals surface area contributed by atoms with Gasteiger partial charge in [-0.3, -0.25) is 14.5 Å². The van der Waals surface area contributed by atoms with Crippen LogP contribution in [-0.2, 0) is 14.8 Å². The van der Waals surface area contributed by atoms with Crippen LogP contribution in [0.25, 0.3) is 10.9 Å². The Hall–Kier alpha value is -3.37. The number of carbonyl (C=O) groups excluding carboxylic acids is 1. The lowest BCUT2D eigenvalue weighted by Gasteiger charge is -2.41. The van der Waals surface area contributed by atoms with E-state index in [4.69, 9.17) is 4.99 Å². The molecule has 2 aromatic carbocycles. The molecule has 0 radical (unpaired) electrons. The number of hydrogen-bond acceptors (Lipinski definition) is 7. The zero-order chi connectivity index (χ0) is 25.4. The van der Waals surface area contributed by atoms with Gasteiger partial charge in [0.1, 0.15) is 4.90 Å². The van der Waals surface area contributed by atoms with Gasteiger partial charge in [0.25, 0.3) is 15.9 Å². The van der Waals surface area contributed by atoms with Gasteiger partial charge in [0.2, 0.25) is 0 Å². The number of allylic oxidation sites excluding steroid dienone is 1. The third kappa shape index (κ3) is 4.46. The summed E-state index contributed by atoms with van der Waals surface area (Å²) in [6, 6.07) is 15.6. The fourth-order valence-corrected chi connectivity index (χ4v) is 6.86. The third-order valence-electron chi connectivity index (χ3n) is 6.23. The van der Waals surface area contributed by atoms with Crippen LogP contribution in [0.5, 0.6) is 0 Å². The van der Waals surface area contributed by atoms with Crippen molar-refractivity contribution in [3.8, 4) is 0 Å². The molecule has 1 fully saturated rings. The van der Waals surface area contributed by atoms with Crippen molar-refractivity contribution in [3.05, 3.63) is 77.6 Å². The number of sulfonamides is 1. The molecule has 1 saturated heterocycles. The van der Waals surface area contributed by atoms with Gasteiger partial charge in [-0.1, -0.05) is 42.1 Å². The minimum absolute atomic E-state index is 0.108. The second-order valence-electron chi connectivity index (χ2n) is 8.95. The van der Waals surface area contributed by atoms with Crippen molar-refractivity contribution in [2.45, 2.75) is 24.3 Å². The van der Waals surface area contributed by atoms with E-state index in [1.165, 1.54) is 0 Å². The number of nitrogens with one attached hydrogen (secondary N) is 1. The van der Waals surface area contributed by atoms with Gasteiger partial charge >= 0.3 is 0 Å². The Balaban J connectivity index is 1.55. The van der Waals surface area contributed by atoms with Gasteiger partial charge in [0.05, 0.1) is 22.8 Å². The Morgan fingerprint density at radius 2 is 1.92 bits per heavy atom. The molecule has 5 rings (SSSR count). The number of likely N-dealkylation sites (N-methyl/N-ethyl adjacent to an activating group) is 1. The van der Waals surface area contributed by atoms with E-state index in [1.807, 2.05) is 31.2 Å². The minimum atomic E-state index is -3.91. The topological polar surface area (TPSA) is 95.0 Å². The number of hydrogen-bond donors (Lipinski definition) is 1. The molecule has 3 heterocycles. The molecule has 1 N–H and O–H groups in total. The molecule has 8 nitrogen and oxygen atoms in total. The maximum Gasteiger partial charge on any atom is 0.264 e. The van der Waals surface area contributed by atoms with Crippen molar-refractivity contribution in [1.29, 1.82) is 0 Å². The second kappa shape index (κ2) is 9.59. The maximum absolute atomic E-state index is 13.4. The first-order valence-electron chi connectivity index (χ1n) is 11.6. The van der Waals surface area contributed by atoms with Gasteiger partial charge in [-0.15, -0.1) is 0 Å². The van der Waals surface area contributed by atoms with E-state index in [-0.39, 0.29) is 16.8 Å². The van der Waals surface area contributed by atoms with Crippen molar-refractivity contribution in [2.75, 3.05) is 31.1 Å². The quantitative estimate of drug-likeness (QED) is 0.540. The predicted octanol–water partition coefficient (Wildman–Crippen LogP) is 4.25. The highest BCUT2D eigenvalue weighted by Gasteiger charge is 2.37. The molecular weight excluding hydrogens is 494 g/mol. The Morgan fingerprint density at radius 1 is 1.14 bits per heavy atom. The lowest BCUT2D eigenvalue weighted by atomic mass is 9.93. The average molecular weight is 522 g/mol. The van der Waals surface area contributed by atoms with E-state index in [1.54, 1.807) is 67.3 Å². The van der Waals surface area contributed by atoms with Crippen LogP contribution in [0, 0.1) is 0 Å². The van der Waals surface area contributed by atoms with Crippen LogP contribution in [-0.4, -0.2) is 60.7 Å². The van der Waals surface area contributed by atoms with Crippen LogP contribution in [0.4, 0.5) is 5.69 Å². The van der Waals surface area contributed by atoms with Crippen molar-refractivity contribution in [2.24, 2.45) is 4.99 Å². The molecule has 2 aliphatic heterocycles. The maximum atomic E-state index is 13.4. The summed E-state index contributed by atoms with van der Waals surface area (Å²) in [5.74, 6) is 0.870. The number of rotatable bonds is 5. The Labute approximate surface area is 215 Å². The largest absolute Gasteiger partial charge is 0.345 e. The van der Waals surface area contributed by atoms with Crippen LogP contribution in [0.3, 0.4) is 0 Å². The zero-order valence-corrected chi connectivity index (χ0v) is 21.9. The Bertz CT molecular complexity index is 1510. The number of para-hydroxylation sites is 1. The van der Waals surface area contributed by atoms with Gasteiger partial charge in [0.15, 0.2) is 5.17 Å². The Kier molecular flexibility index (Phi) is 6.48. The normalized spacial score (nSPS) is 18.0. The van der Waals surface area contributed by atoms with E-state index in [9.17, 15) is 13.2 Å². The predicted molar refractivity (Wildman–Crippen MR) is 144 cm³/mol. The van der Waals surface area contributed by atoms with E-state index in [2.05, 4.69) is 14.6 Å². The van der Waals surface area contributed by atoms with E-state index in [0.717, 1.165) is 34.8 Å². The first kappa shape index (κ1) is 24.3. The molecule has 1 unspecified atom stereocenters. The number of thioether (sulfide) groups is 1. The molecule has 36 heavy (non-hydrogen) atoms. The first-order chi connectivity index (χ1) is 17.3. The summed E-state index contributed by atoms with van der Waals surface area (Å²) >= 11 is 1.68. The summed E-state index contributed by atoms with van der Waals surface area (Å²) in [6.45, 7) is 2.63. The van der Waals surface area contributed by atoms with Gasteiger partial charge in [-0.25, -0.2) is 13.4 Å². The van der Waals surface area contributed by atoms with E-state index >= 15 is 0 Å². The number of aromatic nitrogens is 1. The fourth-order valence-electron chi connectivity index (χ4n) is 4.60. The number of pyridine rings is 1. The van der Waals surface area contributed by atoms with Crippen LogP contribution in [0.2, 0.25) is 0 Å². The van der Waals surface area contributed by atoms with E-state index < -0.39 is 10.0 Å². The molecule has 2 aliphatic rings. The molecule has 0 bridgehead atoms. The highest BCUT2D eigenvalue weighted by atomic mass is 32.2. The van der Waals surface area contributed by atoms with Crippen LogP contribution in [0.1, 0.15) is 24.9 Å². The molecule has 1 aromatic heterocycles. The lowest BCUT2D eigenvalue weighted by Crippen LogP contribution is -2.43. The molecule has 10 heteroatoms. The van der Waals surface area contributed by atoms with Gasteiger partial charge < -0.3 is 9.80 Å². The third-order valence-corrected chi connectivity index (χ3v) is 8.72. The molecule has 0 spiro atoms. The lowest BCUT2D eigenvalue weighted by molar-refractivity contribution is -0.125. The summed E-state index contributed by atoms with van der Waals surface area (Å²) in [5, 5.41) is 1.64. The van der Waals surface area contributed by atoms with Crippen LogP contribution in [0.15, 0.2) is 82.0 Å². The SMILES string of the molecule is CC1=C(C(=O)N(C)C)C(c2cccc(NS(=O)(=O)c3cccc4cccnc34)c2)N2CCCSC2=N1. The number of carbonyl (C=O) groups is 1. The second-order valence-corrected chi connectivity index (χ2v) is 11.7. The molecule has 1 amide bonds. The molecular formula is C26H27N5O3S2. The van der Waals surface area contributed by atoms with Crippen molar-refractivity contribution >= 4 is 49.5 Å². The van der Waals surface area contributed by atoms with Gasteiger partial charge in [0, 0.05) is 43.7 Å².